The molecule has 0 aliphatic rings. The van der Waals surface area contributed by atoms with Crippen molar-refractivity contribution < 1.29 is 37.4 Å². The van der Waals surface area contributed by atoms with E-state index in [1.54, 1.807) is 0 Å². The standard InChI is InChI=1S/C7H18O8P2/c1-3-7(2)6-15-17(11,12)14-5-4-13-16(8,9)10/h7H,3-6H2,1-2H3,(H,11,12)(H2,8,9,10). The van der Waals surface area contributed by atoms with Crippen LogP contribution in [0.25, 0.3) is 0 Å². The number of hydrogen-bond acceptors (Lipinski definition) is 5. The molecule has 0 fully saturated rings. The van der Waals surface area contributed by atoms with E-state index < -0.39 is 28.9 Å². The zero-order chi connectivity index (χ0) is 13.5. The van der Waals surface area contributed by atoms with Gasteiger partial charge in [-0.05, 0) is 5.92 Å². The Morgan fingerprint density at radius 3 is 2.06 bits per heavy atom. The Morgan fingerprint density at radius 1 is 1.06 bits per heavy atom. The van der Waals surface area contributed by atoms with E-state index in [1.165, 1.54) is 0 Å². The smallest absolute Gasteiger partial charge is 0.303 e. The van der Waals surface area contributed by atoms with Gasteiger partial charge in [-0.2, -0.15) is 0 Å². The zero-order valence-electron chi connectivity index (χ0n) is 9.68. The average molecular weight is 292 g/mol. The van der Waals surface area contributed by atoms with E-state index in [9.17, 15) is 9.13 Å². The van der Waals surface area contributed by atoms with Gasteiger partial charge in [0.1, 0.15) is 0 Å². The maximum absolute atomic E-state index is 11.2. The quantitative estimate of drug-likeness (QED) is 0.429. The van der Waals surface area contributed by atoms with Gasteiger partial charge in [0.25, 0.3) is 0 Å². The first-order chi connectivity index (χ1) is 7.66. The van der Waals surface area contributed by atoms with E-state index in [0.29, 0.717) is 0 Å². The summed E-state index contributed by atoms with van der Waals surface area (Å²) in [6.07, 6.45) is 0.793. The first kappa shape index (κ1) is 17.2. The second-order valence-electron chi connectivity index (χ2n) is 3.43. The summed E-state index contributed by atoms with van der Waals surface area (Å²) in [5.74, 6) is 0.116. The first-order valence-corrected chi connectivity index (χ1v) is 8.01. The summed E-state index contributed by atoms with van der Waals surface area (Å²) in [4.78, 5) is 25.8. The van der Waals surface area contributed by atoms with Crippen LogP contribution in [0.5, 0.6) is 0 Å². The second-order valence-corrected chi connectivity index (χ2v) is 6.13. The van der Waals surface area contributed by atoms with Gasteiger partial charge in [-0.15, -0.1) is 0 Å². The average Bonchev–Trinajstić information content (AvgIpc) is 2.20. The summed E-state index contributed by atoms with van der Waals surface area (Å²) < 4.78 is 34.6. The van der Waals surface area contributed by atoms with Crippen molar-refractivity contribution >= 4 is 15.6 Å². The van der Waals surface area contributed by atoms with Gasteiger partial charge in [0.05, 0.1) is 19.8 Å². The van der Waals surface area contributed by atoms with E-state index in [2.05, 4.69) is 13.6 Å². The minimum atomic E-state index is -4.58. The lowest BCUT2D eigenvalue weighted by Gasteiger charge is -2.14. The largest absolute Gasteiger partial charge is 0.472 e. The van der Waals surface area contributed by atoms with E-state index in [0.717, 1.165) is 6.42 Å². The van der Waals surface area contributed by atoms with Crippen LogP contribution in [0.4, 0.5) is 0 Å². The van der Waals surface area contributed by atoms with Crippen LogP contribution in [0, 0.1) is 5.92 Å². The topological polar surface area (TPSA) is 123 Å². The Kier molecular flexibility index (Phi) is 7.71. The second kappa shape index (κ2) is 7.61. The van der Waals surface area contributed by atoms with E-state index in [1.807, 2.05) is 13.8 Å². The molecule has 0 amide bonds. The minimum Gasteiger partial charge on any atom is -0.303 e. The van der Waals surface area contributed by atoms with Gasteiger partial charge >= 0.3 is 15.6 Å². The van der Waals surface area contributed by atoms with Crippen LogP contribution in [0.3, 0.4) is 0 Å². The molecule has 0 radical (unpaired) electrons. The predicted molar refractivity (Wildman–Crippen MR) is 59.2 cm³/mol. The highest BCUT2D eigenvalue weighted by Gasteiger charge is 2.22. The van der Waals surface area contributed by atoms with Gasteiger partial charge in [-0.25, -0.2) is 9.13 Å². The van der Waals surface area contributed by atoms with Crippen LogP contribution >= 0.6 is 15.6 Å². The molecule has 0 aromatic heterocycles. The Bertz CT molecular complexity index is 300. The normalized spacial score (nSPS) is 17.7. The lowest BCUT2D eigenvalue weighted by Crippen LogP contribution is -2.07. The Labute approximate surface area is 99.8 Å². The molecular weight excluding hydrogens is 274 g/mol. The van der Waals surface area contributed by atoms with Crippen LogP contribution in [0.1, 0.15) is 20.3 Å². The summed E-state index contributed by atoms with van der Waals surface area (Å²) >= 11 is 0. The molecular formula is C7H18O8P2. The van der Waals surface area contributed by atoms with E-state index in [4.69, 9.17) is 14.7 Å². The van der Waals surface area contributed by atoms with Crippen molar-refractivity contribution in [1.82, 2.24) is 0 Å². The predicted octanol–water partition coefficient (Wildman–Crippen LogP) is 1.28. The monoisotopic (exact) mass is 292 g/mol. The van der Waals surface area contributed by atoms with Crippen molar-refractivity contribution in [2.45, 2.75) is 20.3 Å². The summed E-state index contributed by atoms with van der Waals surface area (Å²) in [6.45, 7) is 2.88. The maximum Gasteiger partial charge on any atom is 0.472 e. The van der Waals surface area contributed by atoms with Crippen molar-refractivity contribution in [3.63, 3.8) is 0 Å². The van der Waals surface area contributed by atoms with Gasteiger partial charge in [0.15, 0.2) is 0 Å². The molecule has 10 heteroatoms. The molecule has 3 N–H and O–H groups in total. The molecule has 17 heavy (non-hydrogen) atoms. The summed E-state index contributed by atoms with van der Waals surface area (Å²) in [5.41, 5.74) is 0. The molecule has 0 spiro atoms. The van der Waals surface area contributed by atoms with Crippen LogP contribution in [0.2, 0.25) is 0 Å². The van der Waals surface area contributed by atoms with Crippen LogP contribution in [-0.4, -0.2) is 34.5 Å². The summed E-state index contributed by atoms with van der Waals surface area (Å²) in [7, 11) is -8.75. The third kappa shape index (κ3) is 11.1. The maximum atomic E-state index is 11.2. The third-order valence-electron chi connectivity index (χ3n) is 1.82. The Morgan fingerprint density at radius 2 is 1.59 bits per heavy atom. The van der Waals surface area contributed by atoms with Gasteiger partial charge < -0.3 is 14.7 Å². The lowest BCUT2D eigenvalue weighted by atomic mass is 10.1. The molecule has 0 aromatic carbocycles. The van der Waals surface area contributed by atoms with E-state index >= 15 is 0 Å². The number of rotatable bonds is 9. The summed E-state index contributed by atoms with van der Waals surface area (Å²) in [6, 6.07) is 0. The van der Waals surface area contributed by atoms with Gasteiger partial charge in [-0.1, -0.05) is 20.3 Å². The molecule has 0 bridgehead atoms. The molecule has 2 unspecified atom stereocenters. The molecule has 0 aliphatic carbocycles. The highest BCUT2D eigenvalue weighted by Crippen LogP contribution is 2.44. The Hall–Kier alpha value is 0.220. The highest BCUT2D eigenvalue weighted by molar-refractivity contribution is 7.47. The van der Waals surface area contributed by atoms with Crippen LogP contribution in [-0.2, 0) is 22.7 Å². The number of phosphoric ester groups is 2. The first-order valence-electron chi connectivity index (χ1n) is 4.98. The van der Waals surface area contributed by atoms with Gasteiger partial charge in [0.2, 0.25) is 0 Å². The van der Waals surface area contributed by atoms with Crippen molar-refractivity contribution in [2.24, 2.45) is 5.92 Å². The van der Waals surface area contributed by atoms with Crippen LogP contribution < -0.4 is 0 Å². The number of phosphoric acid groups is 2. The zero-order valence-corrected chi connectivity index (χ0v) is 11.5. The molecule has 0 aromatic rings. The molecule has 0 saturated carbocycles. The lowest BCUT2D eigenvalue weighted by molar-refractivity contribution is 0.106. The number of hydrogen-bond donors (Lipinski definition) is 3. The minimum absolute atomic E-state index is 0.0730. The summed E-state index contributed by atoms with van der Waals surface area (Å²) in [5, 5.41) is 0. The molecule has 104 valence electrons. The molecule has 0 heterocycles. The molecule has 0 rings (SSSR count). The van der Waals surface area contributed by atoms with E-state index in [-0.39, 0.29) is 12.5 Å². The fourth-order valence-electron chi connectivity index (χ4n) is 0.685. The molecule has 8 nitrogen and oxygen atoms in total. The fraction of sp³-hybridized carbons (Fsp3) is 1.00. The van der Waals surface area contributed by atoms with Crippen molar-refractivity contribution in [1.29, 1.82) is 0 Å². The highest BCUT2D eigenvalue weighted by atomic mass is 31.2. The third-order valence-corrected chi connectivity index (χ3v) is 3.32. The van der Waals surface area contributed by atoms with Crippen LogP contribution in [0.15, 0.2) is 0 Å². The molecule has 2 atom stereocenters. The fourth-order valence-corrected chi connectivity index (χ4v) is 1.82. The van der Waals surface area contributed by atoms with Gasteiger partial charge in [-0.3, -0.25) is 13.6 Å². The molecule has 0 aliphatic heterocycles. The van der Waals surface area contributed by atoms with Crippen molar-refractivity contribution in [3.8, 4) is 0 Å². The molecule has 0 saturated heterocycles. The Balaban J connectivity index is 3.79. The van der Waals surface area contributed by atoms with Gasteiger partial charge in [0, 0.05) is 0 Å². The van der Waals surface area contributed by atoms with Crippen molar-refractivity contribution in [3.05, 3.63) is 0 Å². The van der Waals surface area contributed by atoms with Crippen molar-refractivity contribution in [2.75, 3.05) is 19.8 Å². The SMILES string of the molecule is CCC(C)COP(=O)(O)OCCOP(=O)(O)O.